The highest BCUT2D eigenvalue weighted by molar-refractivity contribution is 6.02. The average Bonchev–Trinajstić information content (AvgIpc) is 3.64. The van der Waals surface area contributed by atoms with Gasteiger partial charge in [0.25, 0.3) is 0 Å². The maximum Gasteiger partial charge on any atom is 0.146 e. The SMILES string of the molecule is CN(C/C=C/C=O)C1CC1.Cc1c(-c2ccc(OC/C(N)=C/N)cc2)c2c(N)ncnc2n1C1CCN(C)C1. The van der Waals surface area contributed by atoms with Crippen LogP contribution in [0.2, 0.25) is 0 Å². The summed E-state index contributed by atoms with van der Waals surface area (Å²) in [6.45, 7) is 5.36. The number of carbonyl (C=O) groups excluding carboxylic acids is 1. The Labute approximate surface area is 230 Å². The van der Waals surface area contributed by atoms with Gasteiger partial charge in [-0.1, -0.05) is 18.2 Å². The number of carbonyl (C=O) groups is 1. The Morgan fingerprint density at radius 2 is 1.95 bits per heavy atom. The Morgan fingerprint density at radius 3 is 2.56 bits per heavy atom. The molecule has 5 rings (SSSR count). The van der Waals surface area contributed by atoms with Crippen molar-refractivity contribution in [2.75, 3.05) is 46.1 Å². The molecule has 2 aromatic heterocycles. The van der Waals surface area contributed by atoms with Gasteiger partial charge in [0.15, 0.2) is 0 Å². The predicted octanol–water partition coefficient (Wildman–Crippen LogP) is 2.84. The van der Waals surface area contributed by atoms with Crippen LogP contribution in [-0.2, 0) is 4.79 Å². The zero-order valence-corrected chi connectivity index (χ0v) is 23.1. The second kappa shape index (κ2) is 12.8. The number of ether oxygens (including phenoxy) is 1. The highest BCUT2D eigenvalue weighted by Crippen LogP contribution is 2.40. The lowest BCUT2D eigenvalue weighted by molar-refractivity contribution is -0.104. The Balaban J connectivity index is 0.000000298. The molecular weight excluding hydrogens is 492 g/mol. The van der Waals surface area contributed by atoms with Crippen LogP contribution in [0.1, 0.15) is 31.0 Å². The predicted molar refractivity (Wildman–Crippen MR) is 156 cm³/mol. The number of hydrogen-bond donors (Lipinski definition) is 3. The second-order valence-corrected chi connectivity index (χ2v) is 10.3. The number of hydrogen-bond acceptors (Lipinski definition) is 9. The van der Waals surface area contributed by atoms with Gasteiger partial charge in [-0.15, -0.1) is 0 Å². The first-order chi connectivity index (χ1) is 18.8. The molecule has 6 N–H and O–H groups in total. The third-order valence-corrected chi connectivity index (χ3v) is 7.33. The van der Waals surface area contributed by atoms with Crippen molar-refractivity contribution in [2.24, 2.45) is 11.5 Å². The van der Waals surface area contributed by atoms with Crippen LogP contribution in [0, 0.1) is 6.92 Å². The number of aldehydes is 1. The Hall–Kier alpha value is -3.89. The maximum absolute atomic E-state index is 9.87. The van der Waals surface area contributed by atoms with E-state index in [1.807, 2.05) is 30.3 Å². The molecule has 1 saturated heterocycles. The molecule has 1 aliphatic carbocycles. The van der Waals surface area contributed by atoms with E-state index in [2.05, 4.69) is 45.4 Å². The molecule has 39 heavy (non-hydrogen) atoms. The summed E-state index contributed by atoms with van der Waals surface area (Å²) < 4.78 is 7.98. The van der Waals surface area contributed by atoms with Gasteiger partial charge >= 0.3 is 0 Å². The highest BCUT2D eigenvalue weighted by atomic mass is 16.5. The largest absolute Gasteiger partial charge is 0.487 e. The Kier molecular flexibility index (Phi) is 9.21. The summed E-state index contributed by atoms with van der Waals surface area (Å²) in [5.41, 5.74) is 22.0. The van der Waals surface area contributed by atoms with E-state index in [0.29, 0.717) is 17.6 Å². The molecule has 3 heterocycles. The van der Waals surface area contributed by atoms with Crippen LogP contribution in [0.5, 0.6) is 5.75 Å². The van der Waals surface area contributed by atoms with E-state index < -0.39 is 0 Å². The lowest BCUT2D eigenvalue weighted by atomic mass is 10.0. The maximum atomic E-state index is 9.87. The summed E-state index contributed by atoms with van der Waals surface area (Å²) in [5.74, 6) is 1.22. The highest BCUT2D eigenvalue weighted by Gasteiger charge is 2.28. The van der Waals surface area contributed by atoms with Crippen molar-refractivity contribution in [1.29, 1.82) is 0 Å². The smallest absolute Gasteiger partial charge is 0.146 e. The number of allylic oxidation sites excluding steroid dienone is 1. The van der Waals surface area contributed by atoms with Gasteiger partial charge in [-0.25, -0.2) is 9.97 Å². The molecule has 1 saturated carbocycles. The van der Waals surface area contributed by atoms with E-state index in [-0.39, 0.29) is 6.61 Å². The number of rotatable bonds is 9. The van der Waals surface area contributed by atoms with Crippen LogP contribution in [0.15, 0.2) is 54.6 Å². The zero-order valence-electron chi connectivity index (χ0n) is 23.1. The van der Waals surface area contributed by atoms with Crippen molar-refractivity contribution >= 4 is 23.1 Å². The lowest BCUT2D eigenvalue weighted by Crippen LogP contribution is -2.20. The Morgan fingerprint density at radius 1 is 1.21 bits per heavy atom. The number of likely N-dealkylation sites (N-methyl/N-ethyl adjacent to an activating group) is 2. The minimum atomic E-state index is 0.254. The number of fused-ring (bicyclic) bond motifs is 1. The molecule has 10 heteroatoms. The van der Waals surface area contributed by atoms with Crippen molar-refractivity contribution < 1.29 is 9.53 Å². The van der Waals surface area contributed by atoms with E-state index in [1.165, 1.54) is 19.0 Å². The van der Waals surface area contributed by atoms with Crippen molar-refractivity contribution in [3.05, 3.63) is 60.3 Å². The van der Waals surface area contributed by atoms with Gasteiger partial charge in [0.1, 0.15) is 36.4 Å². The number of likely N-dealkylation sites (tertiary alicyclic amines) is 1. The number of benzene rings is 1. The number of aromatic nitrogens is 3. The molecule has 0 amide bonds. The summed E-state index contributed by atoms with van der Waals surface area (Å²) in [7, 11) is 4.24. The van der Waals surface area contributed by atoms with E-state index in [4.69, 9.17) is 21.9 Å². The molecule has 1 atom stereocenters. The number of anilines is 1. The van der Waals surface area contributed by atoms with E-state index in [1.54, 1.807) is 12.4 Å². The van der Waals surface area contributed by atoms with Gasteiger partial charge in [0.05, 0.1) is 11.1 Å². The fourth-order valence-electron chi connectivity index (χ4n) is 5.07. The van der Waals surface area contributed by atoms with Crippen LogP contribution in [0.4, 0.5) is 5.82 Å². The average molecular weight is 533 g/mol. The van der Waals surface area contributed by atoms with Crippen LogP contribution < -0.4 is 21.9 Å². The Bertz CT molecular complexity index is 1330. The van der Waals surface area contributed by atoms with Gasteiger partial charge in [-0.05, 0) is 70.6 Å². The molecule has 1 aliphatic heterocycles. The summed E-state index contributed by atoms with van der Waals surface area (Å²) in [4.78, 5) is 23.3. The number of nitrogens with zero attached hydrogens (tertiary/aromatic N) is 5. The zero-order chi connectivity index (χ0) is 27.9. The van der Waals surface area contributed by atoms with Crippen molar-refractivity contribution in [3.63, 3.8) is 0 Å². The first kappa shape index (κ1) is 28.1. The topological polar surface area (TPSA) is 142 Å². The van der Waals surface area contributed by atoms with Crippen molar-refractivity contribution in [2.45, 2.75) is 38.3 Å². The molecule has 1 unspecified atom stereocenters. The van der Waals surface area contributed by atoms with Crippen LogP contribution in [0.25, 0.3) is 22.2 Å². The standard InChI is InChI=1S/C21H27N7O.C8H13NO/c1-13-18(14-3-5-17(6-4-14)29-11-15(23)9-22)19-20(24)25-12-26-21(19)28(13)16-7-8-27(2)10-16;1-9(8-4-5-8)6-2-3-7-10/h3-6,9,12,16H,7-8,10-11,22-23H2,1-2H3,(H2,24,25,26);2-3,7-8H,4-6H2,1H3/b15-9-;3-2+. The van der Waals surface area contributed by atoms with E-state index >= 15 is 0 Å². The van der Waals surface area contributed by atoms with Crippen molar-refractivity contribution in [1.82, 2.24) is 24.3 Å². The van der Waals surface area contributed by atoms with Gasteiger partial charge in [0, 0.05) is 42.6 Å². The van der Waals surface area contributed by atoms with E-state index in [0.717, 1.165) is 72.0 Å². The molecule has 3 aromatic rings. The van der Waals surface area contributed by atoms with Gasteiger partial charge in [-0.3, -0.25) is 9.69 Å². The summed E-state index contributed by atoms with van der Waals surface area (Å²) >= 11 is 0. The van der Waals surface area contributed by atoms with Gasteiger partial charge in [-0.2, -0.15) is 0 Å². The molecule has 0 radical (unpaired) electrons. The summed E-state index contributed by atoms with van der Waals surface area (Å²) in [5, 5.41) is 0.906. The van der Waals surface area contributed by atoms with Gasteiger partial charge < -0.3 is 31.4 Å². The van der Waals surface area contributed by atoms with E-state index in [9.17, 15) is 4.79 Å². The molecule has 0 bridgehead atoms. The third-order valence-electron chi connectivity index (χ3n) is 7.33. The monoisotopic (exact) mass is 532 g/mol. The fourth-order valence-corrected chi connectivity index (χ4v) is 5.07. The molecule has 10 nitrogen and oxygen atoms in total. The quantitative estimate of drug-likeness (QED) is 0.280. The normalized spacial score (nSPS) is 18.1. The molecule has 2 aliphatic rings. The van der Waals surface area contributed by atoms with Crippen LogP contribution >= 0.6 is 0 Å². The summed E-state index contributed by atoms with van der Waals surface area (Å²) in [6.07, 6.45) is 10.9. The van der Waals surface area contributed by atoms with Gasteiger partial charge in [0.2, 0.25) is 0 Å². The summed E-state index contributed by atoms with van der Waals surface area (Å²) in [6, 6.07) is 9.06. The molecular formula is C29H40N8O2. The minimum absolute atomic E-state index is 0.254. The molecule has 2 fully saturated rings. The third kappa shape index (κ3) is 6.76. The first-order valence-electron chi connectivity index (χ1n) is 13.3. The molecule has 208 valence electrons. The fraction of sp³-hybridized carbons (Fsp3) is 0.414. The lowest BCUT2D eigenvalue weighted by Gasteiger charge is -2.16. The molecule has 1 aromatic carbocycles. The first-order valence-corrected chi connectivity index (χ1v) is 13.3. The van der Waals surface area contributed by atoms with Crippen LogP contribution in [0.3, 0.4) is 0 Å². The number of nitrogen functional groups attached to an aromatic ring is 1. The number of nitrogens with two attached hydrogens (primary N) is 3. The minimum Gasteiger partial charge on any atom is -0.487 e. The molecule has 0 spiro atoms. The van der Waals surface area contributed by atoms with Crippen molar-refractivity contribution in [3.8, 4) is 16.9 Å². The second-order valence-electron chi connectivity index (χ2n) is 10.3. The van der Waals surface area contributed by atoms with Crippen LogP contribution in [-0.4, -0.2) is 77.0 Å².